The normalized spacial score (nSPS) is 12.5. The van der Waals surface area contributed by atoms with Crippen molar-refractivity contribution < 1.29 is 4.74 Å². The van der Waals surface area contributed by atoms with Crippen molar-refractivity contribution in [1.29, 1.82) is 0 Å². The van der Waals surface area contributed by atoms with Gasteiger partial charge in [-0.1, -0.05) is 41.0 Å². The zero-order chi connectivity index (χ0) is 9.68. The van der Waals surface area contributed by atoms with Gasteiger partial charge in [0.25, 0.3) is 0 Å². The van der Waals surface area contributed by atoms with Gasteiger partial charge in [0.15, 0.2) is 0 Å². The number of hydrogen-bond acceptors (Lipinski definition) is 1. The van der Waals surface area contributed by atoms with Crippen molar-refractivity contribution in [3.8, 4) is 5.75 Å². The molecule has 13 heavy (non-hydrogen) atoms. The van der Waals surface area contributed by atoms with Crippen LogP contribution in [-0.4, -0.2) is 13.3 Å². The molecular weight excluding hydrogens is 247 g/mol. The molecule has 0 aliphatic carbocycles. The number of benzene rings is 1. The summed E-state index contributed by atoms with van der Waals surface area (Å²) >= 11 is 3.72. The van der Waals surface area contributed by atoms with Crippen molar-refractivity contribution in [3.63, 3.8) is 0 Å². The lowest BCUT2D eigenvalue weighted by atomic mass is 10.3. The predicted molar refractivity (Wildman–Crippen MR) is 63.6 cm³/mol. The molecule has 0 fully saturated rings. The van der Waals surface area contributed by atoms with Crippen molar-refractivity contribution in [2.45, 2.75) is 13.3 Å². The van der Waals surface area contributed by atoms with Crippen LogP contribution in [0.1, 0.15) is 13.3 Å². The van der Waals surface area contributed by atoms with Gasteiger partial charge in [-0.25, -0.2) is 0 Å². The largest absolute Gasteiger partial charge is 0.497 e. The standard InChI is InChI=1S/C10H14BrOP/c1-3-8-13(11)10-6-4-9(12-2)5-7-10/h4-7H,3,8H2,1-2H3. The molecule has 0 N–H and O–H groups in total. The minimum absolute atomic E-state index is 0.136. The average Bonchev–Trinajstić information content (AvgIpc) is 2.18. The van der Waals surface area contributed by atoms with Crippen molar-refractivity contribution >= 4 is 27.4 Å². The third-order valence-corrected chi connectivity index (χ3v) is 5.76. The second-order valence-corrected chi connectivity index (χ2v) is 7.04. The molecule has 72 valence electrons. The van der Waals surface area contributed by atoms with Crippen molar-refractivity contribution in [3.05, 3.63) is 24.3 Å². The van der Waals surface area contributed by atoms with E-state index in [1.54, 1.807) is 7.11 Å². The van der Waals surface area contributed by atoms with E-state index >= 15 is 0 Å². The molecule has 1 atom stereocenters. The van der Waals surface area contributed by atoms with Crippen LogP contribution >= 0.6 is 22.1 Å². The lowest BCUT2D eigenvalue weighted by Crippen LogP contribution is -1.98. The first-order valence-electron chi connectivity index (χ1n) is 4.35. The maximum Gasteiger partial charge on any atom is 0.118 e. The van der Waals surface area contributed by atoms with E-state index in [4.69, 9.17) is 4.74 Å². The Hall–Kier alpha value is -0.0700. The molecule has 0 aliphatic rings. The lowest BCUT2D eigenvalue weighted by molar-refractivity contribution is 0.415. The first kappa shape index (κ1) is 11.0. The molecule has 1 aromatic carbocycles. The van der Waals surface area contributed by atoms with Crippen LogP contribution in [0.2, 0.25) is 0 Å². The summed E-state index contributed by atoms with van der Waals surface area (Å²) in [5.41, 5.74) is 0. The second kappa shape index (κ2) is 5.62. The Balaban J connectivity index is 2.67. The highest BCUT2D eigenvalue weighted by atomic mass is 79.9. The molecule has 1 rings (SSSR count). The van der Waals surface area contributed by atoms with E-state index < -0.39 is 0 Å². The third kappa shape index (κ3) is 3.28. The van der Waals surface area contributed by atoms with Crippen molar-refractivity contribution in [2.24, 2.45) is 0 Å². The second-order valence-electron chi connectivity index (χ2n) is 2.78. The molecule has 0 aliphatic heterocycles. The van der Waals surface area contributed by atoms with Crippen molar-refractivity contribution in [1.82, 2.24) is 0 Å². The molecule has 0 radical (unpaired) electrons. The van der Waals surface area contributed by atoms with Gasteiger partial charge in [-0.2, -0.15) is 0 Å². The van der Waals surface area contributed by atoms with Gasteiger partial charge in [-0.05, 0) is 30.2 Å². The van der Waals surface area contributed by atoms with Crippen LogP contribution in [0.4, 0.5) is 0 Å². The highest BCUT2D eigenvalue weighted by Crippen LogP contribution is 2.43. The summed E-state index contributed by atoms with van der Waals surface area (Å²) in [5.74, 6) is 0.927. The summed E-state index contributed by atoms with van der Waals surface area (Å²) in [5, 5.41) is 1.39. The van der Waals surface area contributed by atoms with Gasteiger partial charge in [0, 0.05) is 0 Å². The maximum atomic E-state index is 5.10. The van der Waals surface area contributed by atoms with Gasteiger partial charge in [0.2, 0.25) is 0 Å². The van der Waals surface area contributed by atoms with Gasteiger partial charge in [-0.3, -0.25) is 0 Å². The Bertz CT molecular complexity index is 248. The average molecular weight is 261 g/mol. The zero-order valence-electron chi connectivity index (χ0n) is 7.96. The maximum absolute atomic E-state index is 5.10. The molecule has 0 saturated heterocycles. The Morgan fingerprint density at radius 1 is 1.31 bits per heavy atom. The van der Waals surface area contributed by atoms with E-state index in [0.717, 1.165) is 5.75 Å². The van der Waals surface area contributed by atoms with E-state index in [1.165, 1.54) is 17.9 Å². The Morgan fingerprint density at radius 2 is 1.92 bits per heavy atom. The molecule has 0 spiro atoms. The van der Waals surface area contributed by atoms with Crippen LogP contribution in [0.15, 0.2) is 24.3 Å². The Labute approximate surface area is 89.0 Å². The molecule has 1 aromatic rings. The van der Waals surface area contributed by atoms with Gasteiger partial charge in [0.05, 0.1) is 7.11 Å². The van der Waals surface area contributed by atoms with Crippen LogP contribution in [0.3, 0.4) is 0 Å². The molecular formula is C10H14BrOP. The molecule has 0 heterocycles. The van der Waals surface area contributed by atoms with E-state index in [0.29, 0.717) is 0 Å². The molecule has 0 bridgehead atoms. The highest BCUT2D eigenvalue weighted by Gasteiger charge is 2.04. The fraction of sp³-hybridized carbons (Fsp3) is 0.400. The molecule has 0 saturated carbocycles. The van der Waals surface area contributed by atoms with E-state index in [9.17, 15) is 0 Å². The van der Waals surface area contributed by atoms with Crippen LogP contribution in [-0.2, 0) is 0 Å². The molecule has 0 amide bonds. The summed E-state index contributed by atoms with van der Waals surface area (Å²) < 4.78 is 5.10. The number of rotatable bonds is 4. The number of halogens is 1. The number of hydrogen-bond donors (Lipinski definition) is 0. The quantitative estimate of drug-likeness (QED) is 0.753. The van der Waals surface area contributed by atoms with Gasteiger partial charge in [-0.15, -0.1) is 0 Å². The topological polar surface area (TPSA) is 9.23 Å². The van der Waals surface area contributed by atoms with E-state index in [1.807, 2.05) is 12.1 Å². The fourth-order valence-corrected chi connectivity index (χ4v) is 3.97. The van der Waals surface area contributed by atoms with E-state index in [-0.39, 0.29) is 6.62 Å². The van der Waals surface area contributed by atoms with Crippen LogP contribution in [0.5, 0.6) is 5.75 Å². The summed E-state index contributed by atoms with van der Waals surface area (Å²) in [7, 11) is 1.69. The predicted octanol–water partition coefficient (Wildman–Crippen LogP) is 3.52. The van der Waals surface area contributed by atoms with Crippen LogP contribution < -0.4 is 10.0 Å². The molecule has 0 aromatic heterocycles. The minimum Gasteiger partial charge on any atom is -0.497 e. The Kier molecular flexibility index (Phi) is 4.76. The summed E-state index contributed by atoms with van der Waals surface area (Å²) in [6, 6.07) is 8.30. The first-order chi connectivity index (χ1) is 6.27. The summed E-state index contributed by atoms with van der Waals surface area (Å²) in [6.45, 7) is 2.07. The lowest BCUT2D eigenvalue weighted by Gasteiger charge is -2.09. The minimum atomic E-state index is -0.136. The van der Waals surface area contributed by atoms with Gasteiger partial charge >= 0.3 is 0 Å². The zero-order valence-corrected chi connectivity index (χ0v) is 10.4. The number of methoxy groups -OCH3 is 1. The smallest absolute Gasteiger partial charge is 0.118 e. The van der Waals surface area contributed by atoms with Gasteiger partial charge < -0.3 is 4.74 Å². The van der Waals surface area contributed by atoms with Crippen molar-refractivity contribution in [2.75, 3.05) is 13.3 Å². The van der Waals surface area contributed by atoms with Gasteiger partial charge in [0.1, 0.15) is 5.75 Å². The monoisotopic (exact) mass is 260 g/mol. The first-order valence-corrected chi connectivity index (χ1v) is 7.90. The third-order valence-electron chi connectivity index (χ3n) is 1.77. The number of ether oxygens (including phenoxy) is 1. The SMILES string of the molecule is CCCP(Br)c1ccc(OC)cc1. The van der Waals surface area contributed by atoms with Crippen LogP contribution in [0, 0.1) is 0 Å². The fourth-order valence-electron chi connectivity index (χ4n) is 1.07. The summed E-state index contributed by atoms with van der Waals surface area (Å²) in [4.78, 5) is 0. The highest BCUT2D eigenvalue weighted by molar-refractivity contribution is 9.40. The van der Waals surface area contributed by atoms with E-state index in [2.05, 4.69) is 34.5 Å². The Morgan fingerprint density at radius 3 is 2.38 bits per heavy atom. The molecule has 1 nitrogen and oxygen atoms in total. The molecule has 1 unspecified atom stereocenters. The van der Waals surface area contributed by atoms with Crippen LogP contribution in [0.25, 0.3) is 0 Å². The molecule has 3 heteroatoms. The summed E-state index contributed by atoms with van der Waals surface area (Å²) in [6.07, 6.45) is 2.46.